The Labute approximate surface area is 115 Å². The van der Waals surface area contributed by atoms with E-state index < -0.39 is 0 Å². The number of aromatic nitrogens is 2. The first-order valence-corrected chi connectivity index (χ1v) is 6.86. The number of aryl methyl sites for hydroxylation is 1. The topological polar surface area (TPSA) is 73.4 Å². The lowest BCUT2D eigenvalue weighted by atomic mass is 10.3. The number of nitrogens with zero attached hydrogens (tertiary/aromatic N) is 3. The third-order valence-electron chi connectivity index (χ3n) is 2.20. The zero-order valence-electron chi connectivity index (χ0n) is 10.7. The number of hydrogen-bond acceptors (Lipinski definition) is 5. The van der Waals surface area contributed by atoms with E-state index in [1.54, 1.807) is 13.0 Å². The van der Waals surface area contributed by atoms with E-state index in [0.29, 0.717) is 28.4 Å². The van der Waals surface area contributed by atoms with Crippen molar-refractivity contribution < 1.29 is 4.74 Å². The first-order valence-electron chi connectivity index (χ1n) is 5.64. The number of ether oxygens (including phenoxy) is 1. The summed E-state index contributed by atoms with van der Waals surface area (Å²) in [6, 6.07) is 11.1. The lowest BCUT2D eigenvalue weighted by Gasteiger charge is -2.06. The van der Waals surface area contributed by atoms with Gasteiger partial charge in [0.15, 0.2) is 11.0 Å². The number of thioether (sulfide) groups is 1. The molecule has 2 rings (SSSR count). The molecule has 19 heavy (non-hydrogen) atoms. The van der Waals surface area contributed by atoms with Gasteiger partial charge in [-0.1, -0.05) is 30.0 Å². The van der Waals surface area contributed by atoms with Gasteiger partial charge in [0.1, 0.15) is 11.6 Å². The third kappa shape index (κ3) is 3.96. The van der Waals surface area contributed by atoms with Crippen molar-refractivity contribution in [1.29, 1.82) is 0 Å². The number of rotatable bonds is 3. The largest absolute Gasteiger partial charge is 0.439 e. The predicted octanol–water partition coefficient (Wildman–Crippen LogP) is 2.89. The number of hydrogen-bond donors (Lipinski definition) is 1. The maximum atomic E-state index is 5.67. The third-order valence-corrected chi connectivity index (χ3v) is 2.71. The van der Waals surface area contributed by atoms with Crippen LogP contribution in [0.2, 0.25) is 0 Å². The van der Waals surface area contributed by atoms with Crippen molar-refractivity contribution >= 4 is 22.7 Å². The van der Waals surface area contributed by atoms with Crippen molar-refractivity contribution in [2.75, 3.05) is 6.26 Å². The Morgan fingerprint density at radius 1 is 1.26 bits per heavy atom. The van der Waals surface area contributed by atoms with Crippen LogP contribution < -0.4 is 10.5 Å². The van der Waals surface area contributed by atoms with Crippen LogP contribution >= 0.6 is 11.8 Å². The number of benzene rings is 1. The summed E-state index contributed by atoms with van der Waals surface area (Å²) in [4.78, 5) is 12.6. The SMILES string of the molecule is CSC(N)=Nc1cc(Oc2ccccc2)nc(C)n1. The smallest absolute Gasteiger partial charge is 0.224 e. The fourth-order valence-electron chi connectivity index (χ4n) is 1.40. The van der Waals surface area contributed by atoms with E-state index >= 15 is 0 Å². The summed E-state index contributed by atoms with van der Waals surface area (Å²) in [6.07, 6.45) is 1.86. The number of aliphatic imine (C=N–C) groups is 1. The quantitative estimate of drug-likeness (QED) is 0.688. The Balaban J connectivity index is 2.27. The fraction of sp³-hybridized carbons (Fsp3) is 0.154. The number of nitrogens with two attached hydrogens (primary N) is 1. The van der Waals surface area contributed by atoms with Gasteiger partial charge in [-0.05, 0) is 25.3 Å². The van der Waals surface area contributed by atoms with Gasteiger partial charge in [0, 0.05) is 6.07 Å². The van der Waals surface area contributed by atoms with E-state index in [-0.39, 0.29) is 0 Å². The highest BCUT2D eigenvalue weighted by Crippen LogP contribution is 2.22. The normalized spacial score (nSPS) is 11.4. The molecule has 0 atom stereocenters. The number of para-hydroxylation sites is 1. The molecule has 1 aromatic heterocycles. The van der Waals surface area contributed by atoms with Crippen molar-refractivity contribution in [3.63, 3.8) is 0 Å². The van der Waals surface area contributed by atoms with Gasteiger partial charge in [-0.2, -0.15) is 4.98 Å². The molecule has 0 aliphatic rings. The Kier molecular flexibility index (Phi) is 4.35. The molecule has 0 aliphatic carbocycles. The van der Waals surface area contributed by atoms with E-state index in [1.807, 2.05) is 36.6 Å². The molecule has 0 saturated heterocycles. The van der Waals surface area contributed by atoms with Crippen molar-refractivity contribution in [3.05, 3.63) is 42.2 Å². The van der Waals surface area contributed by atoms with Gasteiger partial charge in [0.05, 0.1) is 0 Å². The molecule has 1 heterocycles. The Morgan fingerprint density at radius 3 is 2.68 bits per heavy atom. The molecule has 0 aliphatic heterocycles. The molecule has 0 saturated carbocycles. The minimum Gasteiger partial charge on any atom is -0.439 e. The van der Waals surface area contributed by atoms with Crippen molar-refractivity contribution in [3.8, 4) is 11.6 Å². The highest BCUT2D eigenvalue weighted by Gasteiger charge is 2.04. The molecule has 0 bridgehead atoms. The van der Waals surface area contributed by atoms with Crippen LogP contribution in [0.25, 0.3) is 0 Å². The van der Waals surface area contributed by atoms with Crippen LogP contribution in [0.3, 0.4) is 0 Å². The maximum Gasteiger partial charge on any atom is 0.224 e. The molecule has 0 unspecified atom stereocenters. The molecule has 1 aromatic carbocycles. The minimum atomic E-state index is 0.448. The summed E-state index contributed by atoms with van der Waals surface area (Å²) in [6.45, 7) is 1.78. The highest BCUT2D eigenvalue weighted by atomic mass is 32.2. The minimum absolute atomic E-state index is 0.448. The molecule has 0 radical (unpaired) electrons. The van der Waals surface area contributed by atoms with Gasteiger partial charge in [-0.25, -0.2) is 9.98 Å². The standard InChI is InChI=1S/C13H14N4OS/c1-9-15-11(17-13(14)19-2)8-12(16-9)18-10-6-4-3-5-7-10/h3-8H,1-2H3,(H2,14,15,16,17). The second-order valence-electron chi connectivity index (χ2n) is 3.68. The molecule has 98 valence electrons. The summed E-state index contributed by atoms with van der Waals surface area (Å²) in [5, 5.41) is 0.448. The average molecular weight is 274 g/mol. The second-order valence-corrected chi connectivity index (χ2v) is 4.51. The van der Waals surface area contributed by atoms with Crippen LogP contribution in [0.5, 0.6) is 11.6 Å². The van der Waals surface area contributed by atoms with Gasteiger partial charge in [-0.15, -0.1) is 0 Å². The van der Waals surface area contributed by atoms with Crippen molar-refractivity contribution in [2.24, 2.45) is 10.7 Å². The molecule has 2 aromatic rings. The van der Waals surface area contributed by atoms with Crippen LogP contribution in [0.4, 0.5) is 5.82 Å². The molecule has 5 nitrogen and oxygen atoms in total. The molecular formula is C13H14N4OS. The maximum absolute atomic E-state index is 5.67. The molecule has 6 heteroatoms. The van der Waals surface area contributed by atoms with Gasteiger partial charge in [0.25, 0.3) is 0 Å². The second kappa shape index (κ2) is 6.19. The summed E-state index contributed by atoms with van der Waals surface area (Å²) >= 11 is 1.36. The molecule has 0 amide bonds. The van der Waals surface area contributed by atoms with Crippen LogP contribution in [0, 0.1) is 6.92 Å². The van der Waals surface area contributed by atoms with Gasteiger partial charge < -0.3 is 10.5 Å². The van der Waals surface area contributed by atoms with E-state index in [4.69, 9.17) is 10.5 Å². The van der Waals surface area contributed by atoms with Crippen LogP contribution in [0.1, 0.15) is 5.82 Å². The molecular weight excluding hydrogens is 260 g/mol. The van der Waals surface area contributed by atoms with Crippen molar-refractivity contribution in [1.82, 2.24) is 9.97 Å². The molecule has 2 N–H and O–H groups in total. The van der Waals surface area contributed by atoms with Crippen LogP contribution in [0.15, 0.2) is 41.4 Å². The van der Waals surface area contributed by atoms with Crippen LogP contribution in [-0.2, 0) is 0 Å². The van der Waals surface area contributed by atoms with Gasteiger partial charge >= 0.3 is 0 Å². The molecule has 0 fully saturated rings. The lowest BCUT2D eigenvalue weighted by Crippen LogP contribution is -2.05. The average Bonchev–Trinajstić information content (AvgIpc) is 2.39. The fourth-order valence-corrected chi connectivity index (χ4v) is 1.59. The molecule has 0 spiro atoms. The Bertz CT molecular complexity index is 586. The van der Waals surface area contributed by atoms with E-state index in [9.17, 15) is 0 Å². The zero-order chi connectivity index (χ0) is 13.7. The van der Waals surface area contributed by atoms with E-state index in [1.165, 1.54) is 11.8 Å². The van der Waals surface area contributed by atoms with Crippen LogP contribution in [-0.4, -0.2) is 21.4 Å². The highest BCUT2D eigenvalue weighted by molar-refractivity contribution is 8.13. The summed E-state index contributed by atoms with van der Waals surface area (Å²) < 4.78 is 5.65. The van der Waals surface area contributed by atoms with E-state index in [2.05, 4.69) is 15.0 Å². The van der Waals surface area contributed by atoms with Gasteiger partial charge in [-0.3, -0.25) is 0 Å². The Morgan fingerprint density at radius 2 is 2.00 bits per heavy atom. The lowest BCUT2D eigenvalue weighted by molar-refractivity contribution is 0.460. The summed E-state index contributed by atoms with van der Waals surface area (Å²) in [5.74, 6) is 2.24. The Hall–Kier alpha value is -2.08. The summed E-state index contributed by atoms with van der Waals surface area (Å²) in [7, 11) is 0. The van der Waals surface area contributed by atoms with Gasteiger partial charge in [0.2, 0.25) is 5.88 Å². The van der Waals surface area contributed by atoms with E-state index in [0.717, 1.165) is 0 Å². The zero-order valence-corrected chi connectivity index (χ0v) is 11.5. The van der Waals surface area contributed by atoms with Crippen molar-refractivity contribution in [2.45, 2.75) is 6.92 Å². The monoisotopic (exact) mass is 274 g/mol. The number of amidine groups is 1. The first-order chi connectivity index (χ1) is 9.17. The first kappa shape index (κ1) is 13.4. The predicted molar refractivity (Wildman–Crippen MR) is 78.1 cm³/mol. The summed E-state index contributed by atoms with van der Waals surface area (Å²) in [5.41, 5.74) is 5.67.